The molecule has 27 atom stereocenters. The lowest BCUT2D eigenvalue weighted by Gasteiger charge is -2.51. The number of rotatable bonds is 44. The molecule has 4 aliphatic rings. The van der Waals surface area contributed by atoms with Gasteiger partial charge in [-0.25, -0.2) is 9.78 Å². The van der Waals surface area contributed by atoms with Crippen molar-refractivity contribution in [2.45, 2.75) is 258 Å². The van der Waals surface area contributed by atoms with E-state index >= 15 is 0 Å². The number of amides is 12. The molecule has 51 nitrogen and oxygen atoms in total. The van der Waals surface area contributed by atoms with Crippen LogP contribution in [0, 0.1) is 5.92 Å². The van der Waals surface area contributed by atoms with E-state index in [2.05, 4.69) is 68.1 Å². The van der Waals surface area contributed by atoms with Gasteiger partial charge in [-0.05, 0) is 52.4 Å². The van der Waals surface area contributed by atoms with Crippen molar-refractivity contribution in [3.8, 4) is 0 Å². The lowest BCUT2D eigenvalue weighted by atomic mass is 9.88. The normalized spacial score (nSPS) is 27.5. The van der Waals surface area contributed by atoms with Crippen LogP contribution in [-0.4, -0.2) is 380 Å². The maximum absolute atomic E-state index is 14.7. The number of nitrogens with one attached hydrogen (secondary N) is 11. The summed E-state index contributed by atoms with van der Waals surface area (Å²) in [5, 5.41) is 164. The Labute approximate surface area is 672 Å². The third kappa shape index (κ3) is 27.2. The van der Waals surface area contributed by atoms with E-state index in [-0.39, 0.29) is 51.2 Å². The summed E-state index contributed by atoms with van der Waals surface area (Å²) in [6, 6.07) is -19.3. The van der Waals surface area contributed by atoms with Gasteiger partial charge >= 0.3 is 11.9 Å². The number of aliphatic carboxylic acids is 2. The highest BCUT2D eigenvalue weighted by Gasteiger charge is 2.61. The highest BCUT2D eigenvalue weighted by Crippen LogP contribution is 2.39. The number of likely N-dealkylation sites (tertiary alicyclic amines) is 1. The highest BCUT2D eigenvalue weighted by molar-refractivity contribution is 5.99. The number of nitrogens with zero attached hydrogens (tertiary/aromatic N) is 3. The predicted molar refractivity (Wildman–Crippen MR) is 392 cm³/mol. The van der Waals surface area contributed by atoms with Crippen molar-refractivity contribution in [3.63, 3.8) is 0 Å². The number of aromatic nitrogens is 2. The van der Waals surface area contributed by atoms with E-state index in [1.54, 1.807) is 0 Å². The molecule has 0 aliphatic carbocycles. The SMILES string of the molecule is CC(=O)N[C@H]1[C@@H](O[C@H](C)[C@H](NC(=O)[C@H](CC(=O)O)NC(=O)[C@@H]2CCCN2C(=O)[C@H](C)NC(=O)[C@H](CO)NC(=O)[C@@H](NC(=O)[C@@H](NC(=O)CNC(=O)[C@@H](N)Cc2cnc[nH]2)C(C)C)[C@@H](C)O)C(=O)N[C@@H](CCCN=C(N)N)C(N)=O)O[C@H](CO)[C@H](O)[C@@H]1O[C@@H]1O[C@H](CO)[C@H](O)[C@H](O[C@]2(C(=O)O)C[C@H](O)[C@@H](NC(C)=O)[C@H]([C@H](O)[C@H](O)CO)O2)[C@H]1O. The van der Waals surface area contributed by atoms with E-state index in [1.807, 2.05) is 0 Å². The minimum absolute atomic E-state index is 0.0458. The number of imidazole rings is 1. The van der Waals surface area contributed by atoms with Crippen molar-refractivity contribution in [1.82, 2.24) is 68.0 Å². The van der Waals surface area contributed by atoms with Crippen LogP contribution in [0.1, 0.15) is 92.7 Å². The van der Waals surface area contributed by atoms with Crippen LogP contribution in [0.4, 0.5) is 0 Å². The largest absolute Gasteiger partial charge is 0.481 e. The van der Waals surface area contributed by atoms with Crippen LogP contribution in [0.5, 0.6) is 0 Å². The Balaban J connectivity index is 1.38. The lowest BCUT2D eigenvalue weighted by molar-refractivity contribution is -0.382. The molecule has 5 heterocycles. The second-order valence-electron chi connectivity index (χ2n) is 28.9. The summed E-state index contributed by atoms with van der Waals surface area (Å²) in [5.41, 5.74) is 23.0. The number of carbonyl (C=O) groups excluding carboxylic acids is 12. The average molecular weight is 1700 g/mol. The summed E-state index contributed by atoms with van der Waals surface area (Å²) >= 11 is 0. The molecule has 4 saturated heterocycles. The first-order chi connectivity index (χ1) is 55.3. The fourth-order valence-electron chi connectivity index (χ4n) is 13.1. The molecule has 51 heteroatoms. The number of carboxylic acid groups (broad SMARTS) is 2. The number of hydrogen-bond acceptors (Lipinski definition) is 34. The minimum Gasteiger partial charge on any atom is -0.481 e. The van der Waals surface area contributed by atoms with Crippen LogP contribution in [0.3, 0.4) is 0 Å². The number of primary amides is 1. The number of ether oxygens (including phenoxy) is 6. The van der Waals surface area contributed by atoms with E-state index < -0.39 is 299 Å². The second-order valence-corrected chi connectivity index (χ2v) is 28.9. The number of nitrogens with two attached hydrogens (primary N) is 4. The van der Waals surface area contributed by atoms with Crippen LogP contribution < -0.4 is 76.1 Å². The van der Waals surface area contributed by atoms with Gasteiger partial charge in [-0.3, -0.25) is 67.3 Å². The molecule has 666 valence electrons. The molecule has 0 bridgehead atoms. The molecular weight excluding hydrogens is 1580 g/mol. The monoisotopic (exact) mass is 1690 g/mol. The van der Waals surface area contributed by atoms with Gasteiger partial charge in [-0.15, -0.1) is 0 Å². The highest BCUT2D eigenvalue weighted by atomic mass is 16.8. The number of carboxylic acids is 2. The number of hydrogen-bond donors (Lipinski definition) is 28. The lowest BCUT2D eigenvalue weighted by Crippen LogP contribution is -2.71. The summed E-state index contributed by atoms with van der Waals surface area (Å²) in [7, 11) is 0. The molecule has 4 aliphatic heterocycles. The van der Waals surface area contributed by atoms with Crippen LogP contribution in [0.25, 0.3) is 0 Å². The average Bonchev–Trinajstić information content (AvgIpc) is 0.907. The molecule has 0 saturated carbocycles. The summed E-state index contributed by atoms with van der Waals surface area (Å²) in [6.07, 6.45) is -32.5. The van der Waals surface area contributed by atoms with Gasteiger partial charge in [0, 0.05) is 51.7 Å². The fourth-order valence-corrected chi connectivity index (χ4v) is 13.1. The molecule has 12 amide bonds. The molecule has 0 spiro atoms. The Morgan fingerprint density at radius 2 is 1.28 bits per heavy atom. The molecule has 4 fully saturated rings. The zero-order chi connectivity index (χ0) is 88.7. The van der Waals surface area contributed by atoms with Gasteiger partial charge in [0.15, 0.2) is 18.5 Å². The molecule has 0 radical (unpaired) electrons. The smallest absolute Gasteiger partial charge is 0.364 e. The molecule has 5 rings (SSSR count). The number of aliphatic imine (C=N–C) groups is 1. The first-order valence-electron chi connectivity index (χ1n) is 37.3. The molecule has 0 aromatic carbocycles. The molecule has 0 unspecified atom stereocenters. The van der Waals surface area contributed by atoms with Crippen molar-refractivity contribution >= 4 is 88.8 Å². The molecule has 32 N–H and O–H groups in total. The first kappa shape index (κ1) is 98.9. The van der Waals surface area contributed by atoms with E-state index in [0.717, 1.165) is 39.5 Å². The molecule has 1 aromatic heterocycles. The Morgan fingerprint density at radius 1 is 0.695 bits per heavy atom. The van der Waals surface area contributed by atoms with E-state index in [0.29, 0.717) is 5.69 Å². The van der Waals surface area contributed by atoms with Crippen LogP contribution in [0.2, 0.25) is 0 Å². The van der Waals surface area contributed by atoms with Crippen LogP contribution >= 0.6 is 0 Å². The summed E-state index contributed by atoms with van der Waals surface area (Å²) in [5.74, 6) is -21.5. The number of H-pyrrole nitrogens is 1. The van der Waals surface area contributed by atoms with Gasteiger partial charge in [0.2, 0.25) is 70.9 Å². The summed E-state index contributed by atoms with van der Waals surface area (Å²) < 4.78 is 35.3. The number of aliphatic hydroxyl groups excluding tert-OH is 11. The van der Waals surface area contributed by atoms with Gasteiger partial charge < -0.3 is 181 Å². The van der Waals surface area contributed by atoms with E-state index in [1.165, 1.54) is 26.4 Å². The number of aromatic amines is 1. The van der Waals surface area contributed by atoms with Crippen molar-refractivity contribution in [3.05, 3.63) is 18.2 Å². The third-order valence-electron chi connectivity index (χ3n) is 19.3. The zero-order valence-corrected chi connectivity index (χ0v) is 65.3. The van der Waals surface area contributed by atoms with Gasteiger partial charge in [-0.2, -0.15) is 0 Å². The first-order valence-corrected chi connectivity index (χ1v) is 37.3. The quantitative estimate of drug-likeness (QED) is 0.0164. The predicted octanol–water partition coefficient (Wildman–Crippen LogP) is -15.8. The minimum atomic E-state index is -3.30. The van der Waals surface area contributed by atoms with Crippen molar-refractivity contribution in [2.24, 2.45) is 33.8 Å². The van der Waals surface area contributed by atoms with Crippen LogP contribution in [-0.2, 0) is 102 Å². The molecular formula is C67H110N18O33. The van der Waals surface area contributed by atoms with E-state index in [9.17, 15) is 134 Å². The van der Waals surface area contributed by atoms with Crippen LogP contribution in [0.15, 0.2) is 17.5 Å². The van der Waals surface area contributed by atoms with Gasteiger partial charge in [0.05, 0.1) is 76.1 Å². The maximum atomic E-state index is 14.7. The number of guanidine groups is 1. The Hall–Kier alpha value is -9.66. The van der Waals surface area contributed by atoms with E-state index in [4.69, 9.17) is 51.4 Å². The van der Waals surface area contributed by atoms with Gasteiger partial charge in [0.1, 0.15) is 115 Å². The van der Waals surface area contributed by atoms with Gasteiger partial charge in [0.25, 0.3) is 5.79 Å². The summed E-state index contributed by atoms with van der Waals surface area (Å²) in [6.45, 7) is 2.44. The number of aliphatic hydroxyl groups is 11. The van der Waals surface area contributed by atoms with Crippen molar-refractivity contribution in [1.29, 1.82) is 0 Å². The third-order valence-corrected chi connectivity index (χ3v) is 19.3. The Morgan fingerprint density at radius 3 is 1.83 bits per heavy atom. The molecule has 1 aromatic rings. The standard InChI is InChI=1S/C67H110N18O33/c1-24(2)42(82-40(95)18-74-55(103)31(68)14-30-17-72-23-75-30)59(107)83-43(26(4)90)60(108)81-34(19-86)57(105)76-25(3)62(110)85-13-9-11-35(85)58(106)80-33(15-41(96)97)56(104)84-44(61(109)79-32(54(69)102)10-8-12-73-66(70)71)27(5)113-63-46(78-29(7)92)51(48(99)38(21-88)114-63)116-64-50(101)53(49(100)39(22-89)115-64)118-67(65(111)112)16-36(93)45(77-28(6)91)52(117-67)47(98)37(94)20-87/h17,23-27,31-39,42-53,63-64,86-90,93-94,98-101H,8-16,18-22,68H2,1-7H3,(H2,69,102)(H,72,75)(H,74,103)(H,76,105)(H,77,91)(H,78,92)(H,79,109)(H,80,106)(H,81,108)(H,82,95)(H,83,107)(H,84,104)(H,96,97)(H,111,112)(H4,70,71,73)/t25-,26+,27+,31-,32-,33-,34-,35-,36-,37+,38+,39+,42-,43-,44-,45+,46+,47+,48-,49-,50+,51+,52+,53-,63-,64-,67-/m0/s1. The van der Waals surface area contributed by atoms with Crippen molar-refractivity contribution < 1.29 is 162 Å². The zero-order valence-electron chi connectivity index (χ0n) is 65.3. The van der Waals surface area contributed by atoms with Crippen molar-refractivity contribution in [2.75, 3.05) is 46.1 Å². The Kier molecular flexibility index (Phi) is 38.1. The fraction of sp³-hybridized carbons (Fsp3) is 0.731. The topological polar surface area (TPSA) is 826 Å². The maximum Gasteiger partial charge on any atom is 0.364 e. The second kappa shape index (κ2) is 45.5. The number of carbonyl (C=O) groups is 14. The Bertz CT molecular complexity index is 3640. The van der Waals surface area contributed by atoms with Gasteiger partial charge in [-0.1, -0.05) is 13.8 Å². The molecule has 118 heavy (non-hydrogen) atoms. The summed E-state index contributed by atoms with van der Waals surface area (Å²) in [4.78, 5) is 200.